The molecule has 1 aromatic rings. The van der Waals surface area contributed by atoms with Crippen LogP contribution in [0.3, 0.4) is 0 Å². The van der Waals surface area contributed by atoms with Crippen LogP contribution in [0.5, 0.6) is 0 Å². The lowest BCUT2D eigenvalue weighted by Crippen LogP contribution is -2.39. The average Bonchev–Trinajstić information content (AvgIpc) is 2.53. The standard InChI is InChI=1S/C15H26N4O2.HI/c1-16-15(18-9-5-11-21-13-12-20-2)19-10-7-14-6-3-4-8-17-14;/h3-4,6,8H,5,7,9-13H2,1-2H3,(H2,16,18,19);1H. The summed E-state index contributed by atoms with van der Waals surface area (Å²) >= 11 is 0. The molecular weight excluding hydrogens is 395 g/mol. The van der Waals surface area contributed by atoms with E-state index in [1.165, 1.54) is 0 Å². The third-order valence-corrected chi connectivity index (χ3v) is 2.81. The van der Waals surface area contributed by atoms with E-state index in [1.807, 2.05) is 24.4 Å². The van der Waals surface area contributed by atoms with Gasteiger partial charge in [0.15, 0.2) is 5.96 Å². The first kappa shape index (κ1) is 21.1. The fourth-order valence-electron chi connectivity index (χ4n) is 1.70. The maximum absolute atomic E-state index is 5.39. The molecule has 126 valence electrons. The van der Waals surface area contributed by atoms with Crippen molar-refractivity contribution in [2.75, 3.05) is 47.1 Å². The summed E-state index contributed by atoms with van der Waals surface area (Å²) in [4.78, 5) is 8.47. The predicted octanol–water partition coefficient (Wildman–Crippen LogP) is 1.46. The molecule has 7 heteroatoms. The summed E-state index contributed by atoms with van der Waals surface area (Å²) < 4.78 is 10.3. The number of guanidine groups is 1. The number of methoxy groups -OCH3 is 1. The van der Waals surface area contributed by atoms with Crippen molar-refractivity contribution in [3.8, 4) is 0 Å². The van der Waals surface area contributed by atoms with Crippen molar-refractivity contribution in [1.29, 1.82) is 0 Å². The molecule has 1 rings (SSSR count). The zero-order valence-corrected chi connectivity index (χ0v) is 15.7. The first-order valence-corrected chi connectivity index (χ1v) is 7.28. The Bertz CT molecular complexity index is 390. The van der Waals surface area contributed by atoms with Gasteiger partial charge >= 0.3 is 0 Å². The number of hydrogen-bond donors (Lipinski definition) is 2. The minimum atomic E-state index is 0. The number of nitrogens with zero attached hydrogens (tertiary/aromatic N) is 2. The molecule has 0 unspecified atom stereocenters. The molecule has 1 aromatic heterocycles. The summed E-state index contributed by atoms with van der Waals surface area (Å²) in [6.45, 7) is 3.65. The summed E-state index contributed by atoms with van der Waals surface area (Å²) in [7, 11) is 3.44. The zero-order valence-electron chi connectivity index (χ0n) is 13.4. The van der Waals surface area contributed by atoms with Crippen LogP contribution >= 0.6 is 24.0 Å². The Labute approximate surface area is 150 Å². The van der Waals surface area contributed by atoms with Crippen molar-refractivity contribution in [3.05, 3.63) is 30.1 Å². The fourth-order valence-corrected chi connectivity index (χ4v) is 1.70. The monoisotopic (exact) mass is 422 g/mol. The van der Waals surface area contributed by atoms with Crippen molar-refractivity contribution in [1.82, 2.24) is 15.6 Å². The fraction of sp³-hybridized carbons (Fsp3) is 0.600. The number of ether oxygens (including phenoxy) is 2. The van der Waals surface area contributed by atoms with Gasteiger partial charge in [-0.05, 0) is 18.6 Å². The molecule has 0 amide bonds. The van der Waals surface area contributed by atoms with E-state index in [1.54, 1.807) is 14.2 Å². The van der Waals surface area contributed by atoms with Crippen LogP contribution in [0.2, 0.25) is 0 Å². The molecule has 22 heavy (non-hydrogen) atoms. The van der Waals surface area contributed by atoms with Crippen LogP contribution in [-0.2, 0) is 15.9 Å². The molecule has 0 aromatic carbocycles. The highest BCUT2D eigenvalue weighted by molar-refractivity contribution is 14.0. The van der Waals surface area contributed by atoms with Crippen molar-refractivity contribution >= 4 is 29.9 Å². The van der Waals surface area contributed by atoms with Crippen LogP contribution in [0.4, 0.5) is 0 Å². The molecule has 0 saturated carbocycles. The number of nitrogens with one attached hydrogen (secondary N) is 2. The first-order chi connectivity index (χ1) is 10.4. The van der Waals surface area contributed by atoms with Crippen LogP contribution in [0.1, 0.15) is 12.1 Å². The van der Waals surface area contributed by atoms with Gasteiger partial charge in [-0.15, -0.1) is 24.0 Å². The summed E-state index contributed by atoms with van der Waals surface area (Å²) in [5.41, 5.74) is 1.08. The van der Waals surface area contributed by atoms with E-state index in [0.717, 1.165) is 44.2 Å². The van der Waals surface area contributed by atoms with Gasteiger partial charge in [-0.25, -0.2) is 0 Å². The molecule has 2 N–H and O–H groups in total. The minimum absolute atomic E-state index is 0. The van der Waals surface area contributed by atoms with Gasteiger partial charge in [0.25, 0.3) is 0 Å². The average molecular weight is 422 g/mol. The van der Waals surface area contributed by atoms with Crippen LogP contribution < -0.4 is 10.6 Å². The highest BCUT2D eigenvalue weighted by Gasteiger charge is 1.98. The number of pyridine rings is 1. The Morgan fingerprint density at radius 3 is 2.68 bits per heavy atom. The lowest BCUT2D eigenvalue weighted by atomic mass is 10.3. The van der Waals surface area contributed by atoms with Gasteiger partial charge in [-0.3, -0.25) is 9.98 Å². The SMILES string of the molecule is CN=C(NCCCOCCOC)NCCc1ccccn1.I. The summed E-state index contributed by atoms with van der Waals surface area (Å²) in [6.07, 6.45) is 3.62. The van der Waals surface area contributed by atoms with Gasteiger partial charge in [-0.1, -0.05) is 6.07 Å². The van der Waals surface area contributed by atoms with E-state index in [-0.39, 0.29) is 24.0 Å². The Morgan fingerprint density at radius 2 is 2.00 bits per heavy atom. The molecule has 0 radical (unpaired) electrons. The van der Waals surface area contributed by atoms with Crippen LogP contribution in [-0.4, -0.2) is 58.0 Å². The first-order valence-electron chi connectivity index (χ1n) is 7.28. The van der Waals surface area contributed by atoms with Gasteiger partial charge in [0, 0.05) is 52.2 Å². The minimum Gasteiger partial charge on any atom is -0.382 e. The Kier molecular flexibility index (Phi) is 14.4. The van der Waals surface area contributed by atoms with Gasteiger partial charge in [0.2, 0.25) is 0 Å². The molecule has 0 saturated heterocycles. The maximum Gasteiger partial charge on any atom is 0.190 e. The second-order valence-corrected chi connectivity index (χ2v) is 4.46. The third kappa shape index (κ3) is 10.7. The zero-order chi connectivity index (χ0) is 15.2. The van der Waals surface area contributed by atoms with Gasteiger partial charge in [0.1, 0.15) is 0 Å². The van der Waals surface area contributed by atoms with E-state index in [9.17, 15) is 0 Å². The number of hydrogen-bond acceptors (Lipinski definition) is 4. The van der Waals surface area contributed by atoms with Crippen LogP contribution in [0.15, 0.2) is 29.4 Å². The smallest absolute Gasteiger partial charge is 0.190 e. The van der Waals surface area contributed by atoms with E-state index in [4.69, 9.17) is 9.47 Å². The summed E-state index contributed by atoms with van der Waals surface area (Å²) in [6, 6.07) is 5.94. The van der Waals surface area contributed by atoms with E-state index in [0.29, 0.717) is 13.2 Å². The Hall–Kier alpha value is -0.930. The summed E-state index contributed by atoms with van der Waals surface area (Å²) in [5.74, 6) is 0.808. The highest BCUT2D eigenvalue weighted by Crippen LogP contribution is 1.92. The number of rotatable bonds is 10. The molecule has 6 nitrogen and oxygen atoms in total. The van der Waals surface area contributed by atoms with Crippen molar-refractivity contribution in [2.24, 2.45) is 4.99 Å². The number of aliphatic imine (C=N–C) groups is 1. The molecule has 1 heterocycles. The highest BCUT2D eigenvalue weighted by atomic mass is 127. The molecule has 0 fully saturated rings. The topological polar surface area (TPSA) is 67.8 Å². The predicted molar refractivity (Wildman–Crippen MR) is 100 cm³/mol. The van der Waals surface area contributed by atoms with E-state index < -0.39 is 0 Å². The second kappa shape index (κ2) is 15.0. The van der Waals surface area contributed by atoms with Gasteiger partial charge < -0.3 is 20.1 Å². The number of aromatic nitrogens is 1. The van der Waals surface area contributed by atoms with Crippen molar-refractivity contribution in [2.45, 2.75) is 12.8 Å². The molecular formula is C15H27IN4O2. The molecule has 0 aliphatic heterocycles. The maximum atomic E-state index is 5.39. The molecule has 0 atom stereocenters. The lowest BCUT2D eigenvalue weighted by Gasteiger charge is -2.11. The quantitative estimate of drug-likeness (QED) is 0.259. The van der Waals surface area contributed by atoms with E-state index >= 15 is 0 Å². The lowest BCUT2D eigenvalue weighted by molar-refractivity contribution is 0.0698. The molecule has 0 bridgehead atoms. The molecule has 0 aliphatic rings. The van der Waals surface area contributed by atoms with Crippen molar-refractivity contribution in [3.63, 3.8) is 0 Å². The van der Waals surface area contributed by atoms with Crippen LogP contribution in [0.25, 0.3) is 0 Å². The number of halogens is 1. The van der Waals surface area contributed by atoms with E-state index in [2.05, 4.69) is 20.6 Å². The van der Waals surface area contributed by atoms with Crippen LogP contribution in [0, 0.1) is 0 Å². The normalized spacial score (nSPS) is 10.9. The Balaban J connectivity index is 0.00000441. The van der Waals surface area contributed by atoms with Gasteiger partial charge in [0.05, 0.1) is 13.2 Å². The molecule has 0 spiro atoms. The van der Waals surface area contributed by atoms with Crippen molar-refractivity contribution < 1.29 is 9.47 Å². The summed E-state index contributed by atoms with van der Waals surface area (Å²) in [5, 5.41) is 6.52. The second-order valence-electron chi connectivity index (χ2n) is 4.46. The third-order valence-electron chi connectivity index (χ3n) is 2.81. The largest absolute Gasteiger partial charge is 0.382 e. The molecule has 0 aliphatic carbocycles. The van der Waals surface area contributed by atoms with Gasteiger partial charge in [-0.2, -0.15) is 0 Å². The Morgan fingerprint density at radius 1 is 1.18 bits per heavy atom.